The number of allylic oxidation sites excluding steroid dienone is 1. The Labute approximate surface area is 132 Å². The molecule has 0 aromatic heterocycles. The van der Waals surface area contributed by atoms with Crippen molar-refractivity contribution in [3.05, 3.63) is 77.4 Å². The summed E-state index contributed by atoms with van der Waals surface area (Å²) in [5, 5.41) is 7.74. The van der Waals surface area contributed by atoms with Crippen molar-refractivity contribution in [3.8, 4) is 0 Å². The Hall–Kier alpha value is -2.39. The van der Waals surface area contributed by atoms with Gasteiger partial charge < -0.3 is 16.9 Å². The van der Waals surface area contributed by atoms with Gasteiger partial charge in [-0.15, -0.1) is 0 Å². The number of nitrogens with one attached hydrogen (secondary N) is 1. The van der Waals surface area contributed by atoms with E-state index < -0.39 is 0 Å². The molecule has 0 aliphatic carbocycles. The standard InChI is InChI=1S/C19H23N3/c20-13-12-18(21)14-19(22)17-10-8-16(9-11-17)7-6-15-4-2-1-3-5-15/h1-5,8-11,14,21H,6-7,12-13,20,22H2. The van der Waals surface area contributed by atoms with Gasteiger partial charge in [0.1, 0.15) is 0 Å². The third-order valence-electron chi connectivity index (χ3n) is 3.58. The maximum absolute atomic E-state index is 7.74. The van der Waals surface area contributed by atoms with Crippen molar-refractivity contribution in [1.29, 1.82) is 5.41 Å². The van der Waals surface area contributed by atoms with Crippen LogP contribution in [0.15, 0.2) is 60.7 Å². The Bertz CT molecular complexity index is 627. The Morgan fingerprint density at radius 2 is 1.50 bits per heavy atom. The molecular weight excluding hydrogens is 270 g/mol. The Kier molecular flexibility index (Phi) is 5.92. The fourth-order valence-electron chi connectivity index (χ4n) is 2.30. The lowest BCUT2D eigenvalue weighted by molar-refractivity contribution is 0.960. The molecule has 0 heterocycles. The fraction of sp³-hybridized carbons (Fsp3) is 0.211. The van der Waals surface area contributed by atoms with Crippen LogP contribution >= 0.6 is 0 Å². The summed E-state index contributed by atoms with van der Waals surface area (Å²) in [7, 11) is 0. The van der Waals surface area contributed by atoms with Gasteiger partial charge in [0.05, 0.1) is 0 Å². The fourth-order valence-corrected chi connectivity index (χ4v) is 2.30. The predicted octanol–water partition coefficient (Wildman–Crippen LogP) is 3.14. The van der Waals surface area contributed by atoms with Crippen molar-refractivity contribution >= 4 is 11.4 Å². The van der Waals surface area contributed by atoms with Crippen LogP contribution < -0.4 is 11.5 Å². The largest absolute Gasteiger partial charge is 0.398 e. The Morgan fingerprint density at radius 3 is 2.09 bits per heavy atom. The zero-order chi connectivity index (χ0) is 15.8. The molecule has 114 valence electrons. The second kappa shape index (κ2) is 8.15. The minimum Gasteiger partial charge on any atom is -0.398 e. The molecule has 22 heavy (non-hydrogen) atoms. The number of hydrogen-bond acceptors (Lipinski definition) is 3. The Morgan fingerprint density at radius 1 is 0.909 bits per heavy atom. The van der Waals surface area contributed by atoms with E-state index in [1.54, 1.807) is 6.08 Å². The van der Waals surface area contributed by atoms with E-state index in [2.05, 4.69) is 36.4 Å². The third-order valence-corrected chi connectivity index (χ3v) is 3.58. The van der Waals surface area contributed by atoms with E-state index in [0.717, 1.165) is 18.4 Å². The van der Waals surface area contributed by atoms with E-state index in [0.29, 0.717) is 24.4 Å². The lowest BCUT2D eigenvalue weighted by Gasteiger charge is -2.06. The van der Waals surface area contributed by atoms with Gasteiger partial charge in [0.25, 0.3) is 0 Å². The lowest BCUT2D eigenvalue weighted by Crippen LogP contribution is -2.07. The van der Waals surface area contributed by atoms with Crippen LogP contribution in [0.1, 0.15) is 23.1 Å². The molecule has 3 nitrogen and oxygen atoms in total. The van der Waals surface area contributed by atoms with Gasteiger partial charge in [-0.1, -0.05) is 54.6 Å². The highest BCUT2D eigenvalue weighted by atomic mass is 14.6. The van der Waals surface area contributed by atoms with E-state index in [9.17, 15) is 0 Å². The molecule has 0 amide bonds. The minimum absolute atomic E-state index is 0.466. The number of nitrogens with two attached hydrogens (primary N) is 2. The van der Waals surface area contributed by atoms with E-state index in [1.165, 1.54) is 11.1 Å². The topological polar surface area (TPSA) is 75.9 Å². The molecule has 0 aliphatic rings. The molecule has 0 unspecified atom stereocenters. The molecule has 0 saturated heterocycles. The average molecular weight is 293 g/mol. The van der Waals surface area contributed by atoms with Crippen LogP contribution in [0.2, 0.25) is 0 Å². The van der Waals surface area contributed by atoms with Crippen LogP contribution in [-0.4, -0.2) is 12.3 Å². The van der Waals surface area contributed by atoms with Crippen molar-refractivity contribution in [2.24, 2.45) is 11.5 Å². The summed E-state index contributed by atoms with van der Waals surface area (Å²) in [4.78, 5) is 0. The first kappa shape index (κ1) is 16.0. The zero-order valence-electron chi connectivity index (χ0n) is 12.8. The summed E-state index contributed by atoms with van der Waals surface area (Å²) in [6.45, 7) is 0.473. The molecule has 0 radical (unpaired) electrons. The van der Waals surface area contributed by atoms with E-state index >= 15 is 0 Å². The van der Waals surface area contributed by atoms with Gasteiger partial charge >= 0.3 is 0 Å². The van der Waals surface area contributed by atoms with Gasteiger partial charge in [-0.25, -0.2) is 0 Å². The second-order valence-corrected chi connectivity index (χ2v) is 5.35. The van der Waals surface area contributed by atoms with Crippen molar-refractivity contribution < 1.29 is 0 Å². The van der Waals surface area contributed by atoms with Crippen molar-refractivity contribution in [1.82, 2.24) is 0 Å². The second-order valence-electron chi connectivity index (χ2n) is 5.35. The van der Waals surface area contributed by atoms with Gasteiger partial charge in [-0.3, -0.25) is 0 Å². The molecule has 0 atom stereocenters. The first-order valence-corrected chi connectivity index (χ1v) is 7.57. The van der Waals surface area contributed by atoms with Crippen LogP contribution in [0.4, 0.5) is 0 Å². The molecule has 3 heteroatoms. The summed E-state index contributed by atoms with van der Waals surface area (Å²) in [6, 6.07) is 18.7. The van der Waals surface area contributed by atoms with Gasteiger partial charge in [0, 0.05) is 17.8 Å². The first-order valence-electron chi connectivity index (χ1n) is 7.57. The molecule has 2 aromatic rings. The molecule has 2 rings (SSSR count). The highest BCUT2D eigenvalue weighted by molar-refractivity contribution is 5.98. The van der Waals surface area contributed by atoms with Crippen LogP contribution in [0, 0.1) is 5.41 Å². The summed E-state index contributed by atoms with van der Waals surface area (Å²) < 4.78 is 0. The normalized spacial score (nSPS) is 11.4. The summed E-state index contributed by atoms with van der Waals surface area (Å²) in [6.07, 6.45) is 4.28. The van der Waals surface area contributed by atoms with E-state index in [-0.39, 0.29) is 0 Å². The third kappa shape index (κ3) is 4.86. The molecule has 0 saturated carbocycles. The van der Waals surface area contributed by atoms with Gasteiger partial charge in [-0.05, 0) is 42.2 Å². The molecular formula is C19H23N3. The smallest absolute Gasteiger partial charge is 0.0405 e. The minimum atomic E-state index is 0.466. The number of benzene rings is 2. The Balaban J connectivity index is 1.96. The van der Waals surface area contributed by atoms with Crippen molar-refractivity contribution in [2.75, 3.05) is 6.54 Å². The maximum atomic E-state index is 7.74. The SMILES string of the molecule is N=C(C=C(N)c1ccc(CCc2ccccc2)cc1)CCN. The lowest BCUT2D eigenvalue weighted by atomic mass is 10.0. The molecule has 2 aromatic carbocycles. The van der Waals surface area contributed by atoms with Crippen LogP contribution in [0.5, 0.6) is 0 Å². The highest BCUT2D eigenvalue weighted by Gasteiger charge is 2.00. The number of aryl methyl sites for hydroxylation is 2. The molecule has 0 fully saturated rings. The van der Waals surface area contributed by atoms with Crippen molar-refractivity contribution in [2.45, 2.75) is 19.3 Å². The quantitative estimate of drug-likeness (QED) is 0.686. The summed E-state index contributed by atoms with van der Waals surface area (Å²) >= 11 is 0. The monoisotopic (exact) mass is 293 g/mol. The molecule has 5 N–H and O–H groups in total. The number of rotatable bonds is 7. The predicted molar refractivity (Wildman–Crippen MR) is 93.9 cm³/mol. The van der Waals surface area contributed by atoms with Crippen LogP contribution in [0.25, 0.3) is 5.70 Å². The van der Waals surface area contributed by atoms with Crippen LogP contribution in [0.3, 0.4) is 0 Å². The van der Waals surface area contributed by atoms with E-state index in [4.69, 9.17) is 16.9 Å². The number of hydrogen-bond donors (Lipinski definition) is 3. The average Bonchev–Trinajstić information content (AvgIpc) is 2.54. The molecule has 0 aliphatic heterocycles. The zero-order valence-corrected chi connectivity index (χ0v) is 12.8. The summed E-state index contributed by atoms with van der Waals surface area (Å²) in [5.41, 5.74) is 16.1. The van der Waals surface area contributed by atoms with Gasteiger partial charge in [0.15, 0.2) is 0 Å². The first-order chi connectivity index (χ1) is 10.7. The van der Waals surface area contributed by atoms with Gasteiger partial charge in [-0.2, -0.15) is 0 Å². The van der Waals surface area contributed by atoms with Gasteiger partial charge in [0.2, 0.25) is 0 Å². The maximum Gasteiger partial charge on any atom is 0.0405 e. The van der Waals surface area contributed by atoms with Crippen LogP contribution in [-0.2, 0) is 12.8 Å². The van der Waals surface area contributed by atoms with E-state index in [1.807, 2.05) is 18.2 Å². The molecule has 0 bridgehead atoms. The highest BCUT2D eigenvalue weighted by Crippen LogP contribution is 2.13. The molecule has 0 spiro atoms. The summed E-state index contributed by atoms with van der Waals surface area (Å²) in [5.74, 6) is 0. The van der Waals surface area contributed by atoms with Crippen molar-refractivity contribution in [3.63, 3.8) is 0 Å².